The van der Waals surface area contributed by atoms with Crippen LogP contribution in [0.5, 0.6) is 0 Å². The molecule has 0 bridgehead atoms. The van der Waals surface area contributed by atoms with Gasteiger partial charge in [-0.05, 0) is 74.4 Å². The Morgan fingerprint density at radius 1 is 0.881 bits per heavy atom. The number of sulfonamides is 1. The van der Waals surface area contributed by atoms with Gasteiger partial charge in [0.15, 0.2) is 0 Å². The van der Waals surface area contributed by atoms with E-state index >= 15 is 0 Å². The Kier molecular flexibility index (Phi) is 11.7. The number of carbonyl (C=O) groups excluding carboxylic acids is 2. The molecule has 0 unspecified atom stereocenters. The summed E-state index contributed by atoms with van der Waals surface area (Å²) in [4.78, 5) is 29.4. The number of nitrogens with zero attached hydrogens (tertiary/aromatic N) is 2. The standard InChI is InChI=1S/C34H45N3O4S/c1-7-27(4)35-34(39)32(23-29-17-9-8-10-18-29)36(24-30-19-12-11-15-26(30)3)33(38)21-14-22-37(42(6,40)41)31-20-13-16-25(2)28(31)5/h8-13,15-20,27,32H,7,14,21-24H2,1-6H3,(H,35,39)/t27-,32+/m1/s1. The molecule has 0 aromatic heterocycles. The van der Waals surface area contributed by atoms with E-state index < -0.39 is 16.1 Å². The molecular formula is C34H45N3O4S. The number of amides is 2. The average molecular weight is 592 g/mol. The molecule has 3 aromatic carbocycles. The summed E-state index contributed by atoms with van der Waals surface area (Å²) in [6.07, 6.45) is 2.75. The monoisotopic (exact) mass is 591 g/mol. The van der Waals surface area contributed by atoms with Crippen LogP contribution < -0.4 is 9.62 Å². The Morgan fingerprint density at radius 3 is 2.17 bits per heavy atom. The van der Waals surface area contributed by atoms with E-state index in [2.05, 4.69) is 5.32 Å². The molecule has 42 heavy (non-hydrogen) atoms. The quantitative estimate of drug-likeness (QED) is 0.260. The number of hydrogen-bond acceptors (Lipinski definition) is 4. The van der Waals surface area contributed by atoms with Crippen LogP contribution in [-0.2, 0) is 32.6 Å². The summed E-state index contributed by atoms with van der Waals surface area (Å²) < 4.78 is 27.0. The van der Waals surface area contributed by atoms with Gasteiger partial charge in [0.2, 0.25) is 21.8 Å². The molecule has 0 aliphatic heterocycles. The fourth-order valence-electron chi connectivity index (χ4n) is 4.95. The summed E-state index contributed by atoms with van der Waals surface area (Å²) in [7, 11) is -3.57. The van der Waals surface area contributed by atoms with Crippen molar-refractivity contribution in [2.75, 3.05) is 17.1 Å². The van der Waals surface area contributed by atoms with Gasteiger partial charge in [0.05, 0.1) is 11.9 Å². The van der Waals surface area contributed by atoms with Crippen LogP contribution in [0.15, 0.2) is 72.8 Å². The maximum Gasteiger partial charge on any atom is 0.243 e. The van der Waals surface area contributed by atoms with Crippen LogP contribution >= 0.6 is 0 Å². The van der Waals surface area contributed by atoms with Gasteiger partial charge in [-0.15, -0.1) is 0 Å². The molecule has 3 aromatic rings. The van der Waals surface area contributed by atoms with E-state index in [4.69, 9.17) is 0 Å². The lowest BCUT2D eigenvalue weighted by molar-refractivity contribution is -0.141. The molecule has 2 amide bonds. The van der Waals surface area contributed by atoms with Crippen molar-refractivity contribution in [3.8, 4) is 0 Å². The number of nitrogens with one attached hydrogen (secondary N) is 1. The van der Waals surface area contributed by atoms with Crippen molar-refractivity contribution in [2.45, 2.75) is 78.9 Å². The third kappa shape index (κ3) is 8.92. The number of benzene rings is 3. The Hall–Kier alpha value is -3.65. The highest BCUT2D eigenvalue weighted by Crippen LogP contribution is 2.26. The van der Waals surface area contributed by atoms with Crippen LogP contribution in [0, 0.1) is 20.8 Å². The highest BCUT2D eigenvalue weighted by Gasteiger charge is 2.31. The Balaban J connectivity index is 1.92. The van der Waals surface area contributed by atoms with Crippen LogP contribution in [0.3, 0.4) is 0 Å². The van der Waals surface area contributed by atoms with E-state index in [1.807, 2.05) is 101 Å². The molecule has 7 nitrogen and oxygen atoms in total. The van der Waals surface area contributed by atoms with Gasteiger partial charge in [-0.2, -0.15) is 0 Å². The SMILES string of the molecule is CC[C@@H](C)NC(=O)[C@H](Cc1ccccc1)N(Cc1ccccc1C)C(=O)CCCN(c1cccc(C)c1C)S(C)(=O)=O. The molecular weight excluding hydrogens is 546 g/mol. The minimum absolute atomic E-state index is 0.0351. The molecule has 3 rings (SSSR count). The lowest BCUT2D eigenvalue weighted by Crippen LogP contribution is -2.52. The van der Waals surface area contributed by atoms with Gasteiger partial charge in [-0.1, -0.05) is 73.7 Å². The van der Waals surface area contributed by atoms with E-state index in [-0.39, 0.29) is 37.4 Å². The van der Waals surface area contributed by atoms with Crippen LogP contribution in [0.25, 0.3) is 0 Å². The summed E-state index contributed by atoms with van der Waals surface area (Å²) in [6.45, 7) is 10.3. The molecule has 0 spiro atoms. The molecule has 0 aliphatic rings. The van der Waals surface area contributed by atoms with Crippen molar-refractivity contribution < 1.29 is 18.0 Å². The van der Waals surface area contributed by atoms with Crippen molar-refractivity contribution in [2.24, 2.45) is 0 Å². The molecule has 0 radical (unpaired) electrons. The normalized spacial score (nSPS) is 12.8. The first-order valence-corrected chi connectivity index (χ1v) is 16.5. The first kappa shape index (κ1) is 32.9. The second-order valence-corrected chi connectivity index (χ2v) is 13.0. The van der Waals surface area contributed by atoms with Gasteiger partial charge in [0.1, 0.15) is 6.04 Å². The molecule has 2 atom stereocenters. The van der Waals surface area contributed by atoms with Crippen molar-refractivity contribution in [1.82, 2.24) is 10.2 Å². The van der Waals surface area contributed by atoms with Crippen LogP contribution in [-0.4, -0.2) is 50.0 Å². The smallest absolute Gasteiger partial charge is 0.243 e. The van der Waals surface area contributed by atoms with Gasteiger partial charge >= 0.3 is 0 Å². The average Bonchev–Trinajstić information content (AvgIpc) is 2.95. The van der Waals surface area contributed by atoms with Gasteiger partial charge in [0.25, 0.3) is 0 Å². The third-order valence-electron chi connectivity index (χ3n) is 7.87. The lowest BCUT2D eigenvalue weighted by atomic mass is 10.0. The zero-order chi connectivity index (χ0) is 30.9. The number of anilines is 1. The Morgan fingerprint density at radius 2 is 1.52 bits per heavy atom. The Labute approximate surface area is 252 Å². The summed E-state index contributed by atoms with van der Waals surface area (Å²) in [5.41, 5.74) is 5.47. The fraction of sp³-hybridized carbons (Fsp3) is 0.412. The number of rotatable bonds is 14. The third-order valence-corrected chi connectivity index (χ3v) is 9.05. The number of aryl methyl sites for hydroxylation is 2. The highest BCUT2D eigenvalue weighted by molar-refractivity contribution is 7.92. The van der Waals surface area contributed by atoms with Crippen molar-refractivity contribution in [3.05, 3.63) is 101 Å². The predicted octanol–water partition coefficient (Wildman–Crippen LogP) is 5.71. The van der Waals surface area contributed by atoms with Gasteiger partial charge < -0.3 is 10.2 Å². The van der Waals surface area contributed by atoms with Gasteiger partial charge in [0, 0.05) is 32.0 Å². The predicted molar refractivity (Wildman–Crippen MR) is 171 cm³/mol. The van der Waals surface area contributed by atoms with E-state index in [1.165, 1.54) is 10.6 Å². The maximum absolute atomic E-state index is 14.0. The second-order valence-electron chi connectivity index (χ2n) is 11.1. The summed E-state index contributed by atoms with van der Waals surface area (Å²) in [5.74, 6) is -0.379. The van der Waals surface area contributed by atoms with Gasteiger partial charge in [-0.25, -0.2) is 8.42 Å². The summed E-state index contributed by atoms with van der Waals surface area (Å²) in [5, 5.41) is 3.09. The molecule has 0 saturated carbocycles. The van der Waals surface area contributed by atoms with Crippen LogP contribution in [0.1, 0.15) is 60.9 Å². The van der Waals surface area contributed by atoms with Gasteiger partial charge in [-0.3, -0.25) is 13.9 Å². The fourth-order valence-corrected chi connectivity index (χ4v) is 5.97. The van der Waals surface area contributed by atoms with Crippen LogP contribution in [0.2, 0.25) is 0 Å². The molecule has 1 N–H and O–H groups in total. The topological polar surface area (TPSA) is 86.8 Å². The molecule has 8 heteroatoms. The van der Waals surface area contributed by atoms with E-state index in [0.29, 0.717) is 18.5 Å². The largest absolute Gasteiger partial charge is 0.352 e. The highest BCUT2D eigenvalue weighted by atomic mass is 32.2. The number of carbonyl (C=O) groups is 2. The zero-order valence-electron chi connectivity index (χ0n) is 25.8. The van der Waals surface area contributed by atoms with Crippen molar-refractivity contribution in [3.63, 3.8) is 0 Å². The minimum atomic E-state index is -3.57. The molecule has 0 saturated heterocycles. The first-order valence-electron chi connectivity index (χ1n) is 14.6. The number of hydrogen-bond donors (Lipinski definition) is 1. The Bertz CT molecular complexity index is 1460. The zero-order valence-corrected chi connectivity index (χ0v) is 26.6. The molecule has 0 heterocycles. The maximum atomic E-state index is 14.0. The van der Waals surface area contributed by atoms with Crippen molar-refractivity contribution >= 4 is 27.5 Å². The molecule has 226 valence electrons. The molecule has 0 aliphatic carbocycles. The second kappa shape index (κ2) is 15.0. The first-order chi connectivity index (χ1) is 19.9. The van der Waals surface area contributed by atoms with Crippen molar-refractivity contribution in [1.29, 1.82) is 0 Å². The lowest BCUT2D eigenvalue weighted by Gasteiger charge is -2.33. The van der Waals surface area contributed by atoms with Crippen LogP contribution in [0.4, 0.5) is 5.69 Å². The summed E-state index contributed by atoms with van der Waals surface area (Å²) >= 11 is 0. The minimum Gasteiger partial charge on any atom is -0.352 e. The van der Waals surface area contributed by atoms with E-state index in [0.717, 1.165) is 34.2 Å². The van der Waals surface area contributed by atoms with E-state index in [9.17, 15) is 18.0 Å². The molecule has 0 fully saturated rings. The van der Waals surface area contributed by atoms with E-state index in [1.54, 1.807) is 11.0 Å². The summed E-state index contributed by atoms with van der Waals surface area (Å²) in [6, 6.07) is 22.4.